The molecule has 106 valence electrons. The van der Waals surface area contributed by atoms with E-state index >= 15 is 0 Å². The SMILES string of the molecule is CCc1ccccc1C(N)c1cc(Cl)c(OC)cc1Cl. The van der Waals surface area contributed by atoms with E-state index in [4.69, 9.17) is 33.7 Å². The Hall–Kier alpha value is -1.22. The number of hydrogen-bond donors (Lipinski definition) is 1. The van der Waals surface area contributed by atoms with Crippen molar-refractivity contribution < 1.29 is 4.74 Å². The molecular weight excluding hydrogens is 293 g/mol. The van der Waals surface area contributed by atoms with Crippen molar-refractivity contribution in [1.82, 2.24) is 0 Å². The van der Waals surface area contributed by atoms with Crippen LogP contribution in [-0.2, 0) is 6.42 Å². The van der Waals surface area contributed by atoms with Crippen LogP contribution in [0.4, 0.5) is 0 Å². The summed E-state index contributed by atoms with van der Waals surface area (Å²) in [5, 5.41) is 1.07. The standard InChI is InChI=1S/C16H17Cl2NO/c1-3-10-6-4-5-7-11(10)16(19)12-8-14(18)15(20-2)9-13(12)17/h4-9,16H,3,19H2,1-2H3. The molecule has 0 bridgehead atoms. The minimum absolute atomic E-state index is 0.304. The van der Waals surface area contributed by atoms with Gasteiger partial charge in [-0.2, -0.15) is 0 Å². The molecule has 0 spiro atoms. The summed E-state index contributed by atoms with van der Waals surface area (Å²) in [5.74, 6) is 0.552. The van der Waals surface area contributed by atoms with Crippen LogP contribution >= 0.6 is 23.2 Å². The van der Waals surface area contributed by atoms with E-state index in [9.17, 15) is 0 Å². The predicted molar refractivity (Wildman–Crippen MR) is 84.9 cm³/mol. The zero-order valence-corrected chi connectivity index (χ0v) is 13.0. The number of halogens is 2. The normalized spacial score (nSPS) is 12.2. The maximum Gasteiger partial charge on any atom is 0.138 e. The van der Waals surface area contributed by atoms with E-state index < -0.39 is 0 Å². The van der Waals surface area contributed by atoms with Gasteiger partial charge < -0.3 is 10.5 Å². The predicted octanol–water partition coefficient (Wildman–Crippen LogP) is 4.61. The van der Waals surface area contributed by atoms with E-state index in [1.165, 1.54) is 5.56 Å². The smallest absolute Gasteiger partial charge is 0.138 e. The Kier molecular flexibility index (Phi) is 4.92. The lowest BCUT2D eigenvalue weighted by Gasteiger charge is -2.18. The van der Waals surface area contributed by atoms with E-state index in [1.807, 2.05) is 18.2 Å². The molecule has 2 N–H and O–H groups in total. The van der Waals surface area contributed by atoms with Crippen molar-refractivity contribution in [1.29, 1.82) is 0 Å². The molecule has 1 unspecified atom stereocenters. The minimum Gasteiger partial charge on any atom is -0.495 e. The third kappa shape index (κ3) is 2.93. The number of benzene rings is 2. The molecule has 20 heavy (non-hydrogen) atoms. The first-order chi connectivity index (χ1) is 9.58. The summed E-state index contributed by atoms with van der Waals surface area (Å²) in [6, 6.07) is 11.3. The van der Waals surface area contributed by atoms with Crippen LogP contribution in [0.3, 0.4) is 0 Å². The van der Waals surface area contributed by atoms with Gasteiger partial charge in [0.2, 0.25) is 0 Å². The second kappa shape index (κ2) is 6.49. The van der Waals surface area contributed by atoms with Crippen LogP contribution in [0.2, 0.25) is 10.0 Å². The fourth-order valence-corrected chi connectivity index (χ4v) is 2.79. The molecule has 0 saturated heterocycles. The van der Waals surface area contributed by atoms with Crippen molar-refractivity contribution in [3.63, 3.8) is 0 Å². The highest BCUT2D eigenvalue weighted by molar-refractivity contribution is 6.34. The second-order valence-electron chi connectivity index (χ2n) is 4.54. The number of methoxy groups -OCH3 is 1. The van der Waals surface area contributed by atoms with Crippen molar-refractivity contribution in [3.8, 4) is 5.75 Å². The highest BCUT2D eigenvalue weighted by atomic mass is 35.5. The highest BCUT2D eigenvalue weighted by Gasteiger charge is 2.17. The molecule has 0 heterocycles. The van der Waals surface area contributed by atoms with E-state index in [0.29, 0.717) is 15.8 Å². The maximum atomic E-state index is 6.37. The molecule has 2 aromatic rings. The molecule has 2 nitrogen and oxygen atoms in total. The average Bonchev–Trinajstić information content (AvgIpc) is 2.48. The van der Waals surface area contributed by atoms with E-state index in [2.05, 4.69) is 13.0 Å². The summed E-state index contributed by atoms with van der Waals surface area (Å²) < 4.78 is 5.15. The summed E-state index contributed by atoms with van der Waals surface area (Å²) in [5.41, 5.74) is 9.45. The number of rotatable bonds is 4. The van der Waals surface area contributed by atoms with Gasteiger partial charge >= 0.3 is 0 Å². The first kappa shape index (κ1) is 15.2. The van der Waals surface area contributed by atoms with Crippen LogP contribution in [0.1, 0.15) is 29.7 Å². The van der Waals surface area contributed by atoms with Gasteiger partial charge in [-0.25, -0.2) is 0 Å². The molecule has 1 atom stereocenters. The molecule has 0 amide bonds. The third-order valence-corrected chi connectivity index (χ3v) is 4.00. The summed E-state index contributed by atoms with van der Waals surface area (Å²) in [7, 11) is 1.56. The Labute approximate surface area is 129 Å². The molecule has 2 aromatic carbocycles. The summed E-state index contributed by atoms with van der Waals surface area (Å²) >= 11 is 12.5. The highest BCUT2D eigenvalue weighted by Crippen LogP contribution is 2.36. The largest absolute Gasteiger partial charge is 0.495 e. The van der Waals surface area contributed by atoms with Gasteiger partial charge in [-0.3, -0.25) is 0 Å². The molecule has 2 rings (SSSR count). The minimum atomic E-state index is -0.304. The number of hydrogen-bond acceptors (Lipinski definition) is 2. The van der Waals surface area contributed by atoms with Crippen molar-refractivity contribution in [2.75, 3.05) is 7.11 Å². The van der Waals surface area contributed by atoms with Crippen molar-refractivity contribution in [2.24, 2.45) is 5.73 Å². The van der Waals surface area contributed by atoms with Crippen LogP contribution in [-0.4, -0.2) is 7.11 Å². The maximum absolute atomic E-state index is 6.37. The van der Waals surface area contributed by atoms with E-state index in [-0.39, 0.29) is 6.04 Å². The lowest BCUT2D eigenvalue weighted by molar-refractivity contribution is 0.415. The topological polar surface area (TPSA) is 35.2 Å². The van der Waals surface area contributed by atoms with E-state index in [0.717, 1.165) is 17.5 Å². The van der Waals surface area contributed by atoms with Crippen LogP contribution < -0.4 is 10.5 Å². The Morgan fingerprint density at radius 2 is 1.80 bits per heavy atom. The molecule has 0 aliphatic heterocycles. The quantitative estimate of drug-likeness (QED) is 0.895. The van der Waals surface area contributed by atoms with Crippen LogP contribution in [0, 0.1) is 0 Å². The Bertz CT molecular complexity index is 613. The van der Waals surface area contributed by atoms with Gasteiger partial charge in [0, 0.05) is 11.1 Å². The molecule has 0 saturated carbocycles. The fourth-order valence-electron chi connectivity index (χ4n) is 2.27. The second-order valence-corrected chi connectivity index (χ2v) is 5.35. The first-order valence-electron chi connectivity index (χ1n) is 6.44. The van der Waals surface area contributed by atoms with Crippen molar-refractivity contribution in [2.45, 2.75) is 19.4 Å². The fraction of sp³-hybridized carbons (Fsp3) is 0.250. The van der Waals surface area contributed by atoms with Gasteiger partial charge in [0.25, 0.3) is 0 Å². The van der Waals surface area contributed by atoms with Crippen LogP contribution in [0.5, 0.6) is 5.75 Å². The van der Waals surface area contributed by atoms with Gasteiger partial charge in [0.05, 0.1) is 18.2 Å². The van der Waals surface area contributed by atoms with Crippen LogP contribution in [0.25, 0.3) is 0 Å². The molecule has 4 heteroatoms. The summed E-state index contributed by atoms with van der Waals surface area (Å²) in [6.07, 6.45) is 0.922. The molecule has 0 aliphatic carbocycles. The van der Waals surface area contributed by atoms with Gasteiger partial charge in [-0.15, -0.1) is 0 Å². The van der Waals surface area contributed by atoms with E-state index in [1.54, 1.807) is 19.2 Å². The molecule has 0 aromatic heterocycles. The first-order valence-corrected chi connectivity index (χ1v) is 7.20. The lowest BCUT2D eigenvalue weighted by atomic mass is 9.94. The van der Waals surface area contributed by atoms with Gasteiger partial charge in [0.1, 0.15) is 5.75 Å². The lowest BCUT2D eigenvalue weighted by Crippen LogP contribution is -2.14. The number of nitrogens with two attached hydrogens (primary N) is 1. The monoisotopic (exact) mass is 309 g/mol. The zero-order valence-electron chi connectivity index (χ0n) is 11.5. The van der Waals surface area contributed by atoms with Crippen molar-refractivity contribution >= 4 is 23.2 Å². The van der Waals surface area contributed by atoms with Crippen molar-refractivity contribution in [3.05, 3.63) is 63.1 Å². The Balaban J connectivity index is 2.48. The Morgan fingerprint density at radius 3 is 2.45 bits per heavy atom. The molecule has 0 aliphatic rings. The van der Waals surface area contributed by atoms with Gasteiger partial charge in [-0.05, 0) is 29.2 Å². The van der Waals surface area contributed by atoms with Gasteiger partial charge in [-0.1, -0.05) is 54.4 Å². The number of ether oxygens (including phenoxy) is 1. The van der Waals surface area contributed by atoms with Crippen LogP contribution in [0.15, 0.2) is 36.4 Å². The van der Waals surface area contributed by atoms with Gasteiger partial charge in [0.15, 0.2) is 0 Å². The molecule has 0 fully saturated rings. The summed E-state index contributed by atoms with van der Waals surface area (Å²) in [4.78, 5) is 0. The summed E-state index contributed by atoms with van der Waals surface area (Å²) in [6.45, 7) is 2.11. The zero-order chi connectivity index (χ0) is 14.7. The molecule has 0 radical (unpaired) electrons. The number of aryl methyl sites for hydroxylation is 1. The third-order valence-electron chi connectivity index (χ3n) is 3.38. The Morgan fingerprint density at radius 1 is 1.10 bits per heavy atom. The molecular formula is C16H17Cl2NO. The average molecular weight is 310 g/mol.